The van der Waals surface area contributed by atoms with Crippen LogP contribution in [0.5, 0.6) is 5.88 Å². The summed E-state index contributed by atoms with van der Waals surface area (Å²) < 4.78 is 7.35. The van der Waals surface area contributed by atoms with Crippen LogP contribution in [0, 0.1) is 13.8 Å². The summed E-state index contributed by atoms with van der Waals surface area (Å²) in [5, 5.41) is 8.08. The Kier molecular flexibility index (Phi) is 5.16. The molecule has 4 aromatic rings. The molecule has 3 heterocycles. The number of amides is 1. The number of para-hydroxylation sites is 2. The highest BCUT2D eigenvalue weighted by Crippen LogP contribution is 2.26. The van der Waals surface area contributed by atoms with Crippen LogP contribution in [0.15, 0.2) is 30.3 Å². The summed E-state index contributed by atoms with van der Waals surface area (Å²) in [5.41, 5.74) is 4.70. The van der Waals surface area contributed by atoms with Crippen LogP contribution in [0.3, 0.4) is 0 Å². The van der Waals surface area contributed by atoms with Gasteiger partial charge in [0.1, 0.15) is 5.82 Å². The second-order valence-electron chi connectivity index (χ2n) is 7.15. The Bertz CT molecular complexity index is 1140. The minimum Gasteiger partial charge on any atom is -0.466 e. The van der Waals surface area contributed by atoms with Gasteiger partial charge in [-0.2, -0.15) is 0 Å². The van der Waals surface area contributed by atoms with E-state index >= 15 is 0 Å². The predicted molar refractivity (Wildman–Crippen MR) is 111 cm³/mol. The van der Waals surface area contributed by atoms with Crippen molar-refractivity contribution < 1.29 is 9.53 Å². The molecular formula is C21H24N6O2. The molecule has 0 radical (unpaired) electrons. The maximum atomic E-state index is 12.1. The number of nitrogens with one attached hydrogen (secondary N) is 2. The Balaban J connectivity index is 1.28. The van der Waals surface area contributed by atoms with Crippen molar-refractivity contribution in [2.24, 2.45) is 7.05 Å². The van der Waals surface area contributed by atoms with Gasteiger partial charge in [-0.3, -0.25) is 4.79 Å². The molecule has 2 N–H and O–H groups in total. The smallest absolute Gasteiger partial charge is 0.258 e. The van der Waals surface area contributed by atoms with Crippen molar-refractivity contribution in [3.63, 3.8) is 0 Å². The summed E-state index contributed by atoms with van der Waals surface area (Å²) in [7, 11) is 1.82. The van der Waals surface area contributed by atoms with Crippen LogP contribution in [0.4, 0.5) is 0 Å². The Morgan fingerprint density at radius 2 is 2.07 bits per heavy atom. The van der Waals surface area contributed by atoms with Gasteiger partial charge in [-0.1, -0.05) is 12.1 Å². The van der Waals surface area contributed by atoms with Gasteiger partial charge in [0.25, 0.3) is 5.91 Å². The van der Waals surface area contributed by atoms with E-state index < -0.39 is 0 Å². The number of imidazole rings is 1. The van der Waals surface area contributed by atoms with Crippen LogP contribution in [0.25, 0.3) is 22.1 Å². The molecule has 3 aromatic heterocycles. The number of nitrogens with zero attached hydrogens (tertiary/aromatic N) is 4. The first-order chi connectivity index (χ1) is 14.0. The number of aryl methyl sites for hydroxylation is 4. The fraction of sp³-hybridized carbons (Fsp3) is 0.333. The zero-order chi connectivity index (χ0) is 20.4. The lowest BCUT2D eigenvalue weighted by molar-refractivity contribution is -0.123. The molecule has 0 spiro atoms. The lowest BCUT2D eigenvalue weighted by Crippen LogP contribution is -2.30. The van der Waals surface area contributed by atoms with Crippen molar-refractivity contribution in [2.45, 2.75) is 26.7 Å². The third kappa shape index (κ3) is 4.06. The van der Waals surface area contributed by atoms with Gasteiger partial charge in [0.05, 0.1) is 16.4 Å². The normalized spacial score (nSPS) is 11.3. The van der Waals surface area contributed by atoms with Gasteiger partial charge in [-0.15, -0.1) is 5.10 Å². The fourth-order valence-corrected chi connectivity index (χ4v) is 3.44. The maximum Gasteiger partial charge on any atom is 0.258 e. The average Bonchev–Trinajstić information content (AvgIpc) is 3.24. The molecule has 0 unspecified atom stereocenters. The monoisotopic (exact) mass is 392 g/mol. The molecule has 0 aliphatic carbocycles. The van der Waals surface area contributed by atoms with Crippen molar-refractivity contribution in [3.05, 3.63) is 47.4 Å². The van der Waals surface area contributed by atoms with E-state index in [0.717, 1.165) is 52.0 Å². The summed E-state index contributed by atoms with van der Waals surface area (Å²) in [6.07, 6.45) is 1.56. The van der Waals surface area contributed by atoms with Crippen LogP contribution >= 0.6 is 0 Å². The van der Waals surface area contributed by atoms with E-state index in [-0.39, 0.29) is 12.5 Å². The molecule has 0 aliphatic heterocycles. The van der Waals surface area contributed by atoms with Crippen molar-refractivity contribution in [3.8, 4) is 5.88 Å². The lowest BCUT2D eigenvalue weighted by atomic mass is 10.2. The molecule has 0 fully saturated rings. The summed E-state index contributed by atoms with van der Waals surface area (Å²) in [6.45, 7) is 4.41. The highest BCUT2D eigenvalue weighted by molar-refractivity contribution is 5.85. The van der Waals surface area contributed by atoms with Crippen molar-refractivity contribution in [1.29, 1.82) is 0 Å². The second-order valence-corrected chi connectivity index (χ2v) is 7.15. The number of carbonyl (C=O) groups is 1. The van der Waals surface area contributed by atoms with E-state index in [1.54, 1.807) is 4.68 Å². The molecular weight excluding hydrogens is 368 g/mol. The van der Waals surface area contributed by atoms with Crippen molar-refractivity contribution in [2.75, 3.05) is 13.2 Å². The SMILES string of the molecule is Cc1cc(C)c2c(OCC(=O)NCCCc3nc4ccccc4[nH]3)nn(C)c2n1. The third-order valence-electron chi connectivity index (χ3n) is 4.78. The first-order valence-electron chi connectivity index (χ1n) is 9.65. The van der Waals surface area contributed by atoms with E-state index in [4.69, 9.17) is 4.74 Å². The number of aromatic nitrogens is 5. The first-order valence-corrected chi connectivity index (χ1v) is 9.65. The third-order valence-corrected chi connectivity index (χ3v) is 4.78. The predicted octanol–water partition coefficient (Wildman–Crippen LogP) is 2.59. The number of hydrogen-bond donors (Lipinski definition) is 2. The van der Waals surface area contributed by atoms with Gasteiger partial charge >= 0.3 is 0 Å². The number of hydrogen-bond acceptors (Lipinski definition) is 5. The summed E-state index contributed by atoms with van der Waals surface area (Å²) >= 11 is 0. The van der Waals surface area contributed by atoms with Gasteiger partial charge in [-0.25, -0.2) is 14.6 Å². The second kappa shape index (κ2) is 7.90. The molecule has 4 rings (SSSR count). The molecule has 0 atom stereocenters. The zero-order valence-corrected chi connectivity index (χ0v) is 16.8. The van der Waals surface area contributed by atoms with E-state index in [2.05, 4.69) is 25.4 Å². The molecule has 8 heteroatoms. The van der Waals surface area contributed by atoms with Gasteiger partial charge in [0.2, 0.25) is 5.88 Å². The van der Waals surface area contributed by atoms with Crippen LogP contribution in [-0.4, -0.2) is 43.8 Å². The van der Waals surface area contributed by atoms with E-state index in [9.17, 15) is 4.79 Å². The minimum absolute atomic E-state index is 0.0793. The maximum absolute atomic E-state index is 12.1. The molecule has 0 saturated carbocycles. The van der Waals surface area contributed by atoms with Crippen LogP contribution in [0.2, 0.25) is 0 Å². The van der Waals surface area contributed by atoms with E-state index in [1.807, 2.05) is 51.2 Å². The molecule has 1 aromatic carbocycles. The Labute approximate surface area is 168 Å². The quantitative estimate of drug-likeness (QED) is 0.471. The van der Waals surface area contributed by atoms with E-state index in [1.165, 1.54) is 0 Å². The standard InChI is InChI=1S/C21H24N6O2/c1-13-11-14(2)23-20-19(13)21(26-27(20)3)29-12-18(28)22-10-6-9-17-24-15-7-4-5-8-16(15)25-17/h4-5,7-8,11H,6,9-10,12H2,1-3H3,(H,22,28)(H,24,25). The number of rotatable bonds is 7. The number of ether oxygens (including phenoxy) is 1. The van der Waals surface area contributed by atoms with Crippen molar-refractivity contribution >= 4 is 28.0 Å². The van der Waals surface area contributed by atoms with Gasteiger partial charge in [0, 0.05) is 25.7 Å². The van der Waals surface area contributed by atoms with E-state index in [0.29, 0.717) is 12.4 Å². The number of pyridine rings is 1. The molecule has 0 aliphatic rings. The summed E-state index contributed by atoms with van der Waals surface area (Å²) in [4.78, 5) is 24.5. The van der Waals surface area contributed by atoms with Gasteiger partial charge < -0.3 is 15.0 Å². The van der Waals surface area contributed by atoms with Crippen molar-refractivity contribution in [1.82, 2.24) is 30.0 Å². The first kappa shape index (κ1) is 18.9. The number of fused-ring (bicyclic) bond motifs is 2. The minimum atomic E-state index is -0.175. The topological polar surface area (TPSA) is 97.7 Å². The zero-order valence-electron chi connectivity index (χ0n) is 16.8. The van der Waals surface area contributed by atoms with Crippen LogP contribution in [0.1, 0.15) is 23.5 Å². The molecule has 150 valence electrons. The molecule has 8 nitrogen and oxygen atoms in total. The largest absolute Gasteiger partial charge is 0.466 e. The fourth-order valence-electron chi connectivity index (χ4n) is 3.44. The molecule has 1 amide bonds. The molecule has 0 saturated heterocycles. The number of benzene rings is 1. The lowest BCUT2D eigenvalue weighted by Gasteiger charge is -2.06. The highest BCUT2D eigenvalue weighted by Gasteiger charge is 2.15. The molecule has 0 bridgehead atoms. The number of aromatic amines is 1. The Hall–Kier alpha value is -3.42. The van der Waals surface area contributed by atoms with Gasteiger partial charge in [0.15, 0.2) is 12.3 Å². The average molecular weight is 392 g/mol. The highest BCUT2D eigenvalue weighted by atomic mass is 16.5. The summed E-state index contributed by atoms with van der Waals surface area (Å²) in [6, 6.07) is 9.92. The number of H-pyrrole nitrogens is 1. The summed E-state index contributed by atoms with van der Waals surface area (Å²) in [5.74, 6) is 1.19. The van der Waals surface area contributed by atoms with Crippen LogP contribution in [-0.2, 0) is 18.3 Å². The number of carbonyl (C=O) groups excluding carboxylic acids is 1. The molecule has 29 heavy (non-hydrogen) atoms. The Morgan fingerprint density at radius 3 is 2.90 bits per heavy atom. The van der Waals surface area contributed by atoms with Gasteiger partial charge in [-0.05, 0) is 44.0 Å². The van der Waals surface area contributed by atoms with Crippen LogP contribution < -0.4 is 10.1 Å². The Morgan fingerprint density at radius 1 is 1.24 bits per heavy atom.